The molecule has 3 aromatic carbocycles. The molecule has 0 saturated heterocycles. The summed E-state index contributed by atoms with van der Waals surface area (Å²) in [7, 11) is -3.75. The van der Waals surface area contributed by atoms with Gasteiger partial charge in [-0.2, -0.15) is 0 Å². The monoisotopic (exact) mass is 596 g/mol. The lowest BCUT2D eigenvalue weighted by Crippen LogP contribution is -2.42. The summed E-state index contributed by atoms with van der Waals surface area (Å²) in [5.41, 5.74) is 6.76. The van der Waals surface area contributed by atoms with Gasteiger partial charge in [0, 0.05) is 5.92 Å². The van der Waals surface area contributed by atoms with Gasteiger partial charge in [-0.3, -0.25) is 4.79 Å². The maximum Gasteiger partial charge on any atom is 0.404 e. The van der Waals surface area contributed by atoms with Crippen molar-refractivity contribution in [3.8, 4) is 16.9 Å². The Hall–Kier alpha value is -3.89. The number of primary amides is 1. The minimum atomic E-state index is -3.75. The van der Waals surface area contributed by atoms with E-state index in [0.29, 0.717) is 0 Å². The van der Waals surface area contributed by atoms with Gasteiger partial charge in [0.05, 0.1) is 23.5 Å². The van der Waals surface area contributed by atoms with Gasteiger partial charge in [-0.1, -0.05) is 81.4 Å². The normalized spacial score (nSPS) is 14.1. The summed E-state index contributed by atoms with van der Waals surface area (Å²) in [4.78, 5) is 24.1. The highest BCUT2D eigenvalue weighted by molar-refractivity contribution is 7.89. The third kappa shape index (κ3) is 8.33. The van der Waals surface area contributed by atoms with Gasteiger partial charge in [0.2, 0.25) is 10.0 Å². The number of nitrogens with one attached hydrogen (secondary N) is 1. The first-order chi connectivity index (χ1) is 19.5. The standard InChI is InChI=1S/C32H40N2O7S/c1-21(2)41-28-18-24(16-17-27(28)29(35)34-42(6,38)39)22-12-14-23(15-13-22)25(20-40-30(33)36)19-32(37,31(3,4)5)26-10-8-7-9-11-26/h7-18,21,25,37H,19-20H2,1-6H3,(H2,33,36)(H,34,35)/t25?,32-/m0/s1. The van der Waals surface area contributed by atoms with Crippen molar-refractivity contribution in [1.82, 2.24) is 4.72 Å². The van der Waals surface area contributed by atoms with Crippen LogP contribution in [-0.4, -0.2) is 44.5 Å². The van der Waals surface area contributed by atoms with Gasteiger partial charge in [0.25, 0.3) is 5.91 Å². The Kier molecular flexibility index (Phi) is 10.1. The zero-order valence-corrected chi connectivity index (χ0v) is 25.7. The molecular formula is C32H40N2O7S. The Morgan fingerprint density at radius 1 is 0.952 bits per heavy atom. The molecule has 0 heterocycles. The number of sulfonamides is 1. The van der Waals surface area contributed by atoms with Gasteiger partial charge in [0.1, 0.15) is 12.4 Å². The van der Waals surface area contributed by atoms with E-state index in [2.05, 4.69) is 0 Å². The number of carbonyl (C=O) groups excluding carboxylic acids is 2. The number of hydrogen-bond acceptors (Lipinski definition) is 7. The van der Waals surface area contributed by atoms with Crippen LogP contribution in [0.1, 0.15) is 68.4 Å². The van der Waals surface area contributed by atoms with Crippen LogP contribution < -0.4 is 15.2 Å². The molecule has 0 aliphatic rings. The summed E-state index contributed by atoms with van der Waals surface area (Å²) in [6.45, 7) is 9.49. The lowest BCUT2D eigenvalue weighted by molar-refractivity contribution is -0.0794. The van der Waals surface area contributed by atoms with Crippen LogP contribution in [0.5, 0.6) is 5.75 Å². The molecule has 0 radical (unpaired) electrons. The molecule has 0 bridgehead atoms. The largest absolute Gasteiger partial charge is 0.490 e. The predicted octanol–water partition coefficient (Wildman–Crippen LogP) is 5.33. The number of aliphatic hydroxyl groups is 1. The highest BCUT2D eigenvalue weighted by Gasteiger charge is 2.43. The van der Waals surface area contributed by atoms with Gasteiger partial charge in [0.15, 0.2) is 0 Å². The summed E-state index contributed by atoms with van der Waals surface area (Å²) in [5, 5.41) is 12.0. The van der Waals surface area contributed by atoms with Crippen molar-refractivity contribution in [3.05, 3.63) is 89.5 Å². The first-order valence-corrected chi connectivity index (χ1v) is 15.5. The maximum atomic E-state index is 12.6. The molecule has 0 saturated carbocycles. The van der Waals surface area contributed by atoms with E-state index in [0.717, 1.165) is 28.5 Å². The minimum Gasteiger partial charge on any atom is -0.490 e. The highest BCUT2D eigenvalue weighted by Crippen LogP contribution is 2.46. The Morgan fingerprint density at radius 3 is 2.07 bits per heavy atom. The van der Waals surface area contributed by atoms with Crippen molar-refractivity contribution in [2.75, 3.05) is 12.9 Å². The first kappa shape index (κ1) is 32.6. The smallest absolute Gasteiger partial charge is 0.404 e. The summed E-state index contributed by atoms with van der Waals surface area (Å²) in [6, 6.07) is 21.9. The molecule has 2 atom stereocenters. The fourth-order valence-corrected chi connectivity index (χ4v) is 5.24. The van der Waals surface area contributed by atoms with Gasteiger partial charge < -0.3 is 20.3 Å². The molecule has 42 heavy (non-hydrogen) atoms. The average Bonchev–Trinajstić information content (AvgIpc) is 2.89. The van der Waals surface area contributed by atoms with Gasteiger partial charge in [-0.25, -0.2) is 17.9 Å². The van der Waals surface area contributed by atoms with Crippen molar-refractivity contribution in [1.29, 1.82) is 0 Å². The average molecular weight is 597 g/mol. The van der Waals surface area contributed by atoms with Crippen LogP contribution in [0.3, 0.4) is 0 Å². The molecular weight excluding hydrogens is 556 g/mol. The summed E-state index contributed by atoms with van der Waals surface area (Å²) >= 11 is 0. The number of rotatable bonds is 11. The summed E-state index contributed by atoms with van der Waals surface area (Å²) < 4.78 is 36.3. The molecule has 226 valence electrons. The predicted molar refractivity (Wildman–Crippen MR) is 163 cm³/mol. The fourth-order valence-electron chi connectivity index (χ4n) is 4.80. The molecule has 0 fully saturated rings. The Morgan fingerprint density at radius 2 is 1.55 bits per heavy atom. The third-order valence-electron chi connectivity index (χ3n) is 7.04. The number of hydrogen-bond donors (Lipinski definition) is 3. The van der Waals surface area contributed by atoms with Crippen molar-refractivity contribution in [2.24, 2.45) is 11.1 Å². The molecule has 0 aliphatic carbocycles. The van der Waals surface area contributed by atoms with E-state index in [1.54, 1.807) is 12.1 Å². The van der Waals surface area contributed by atoms with Gasteiger partial charge >= 0.3 is 6.09 Å². The van der Waals surface area contributed by atoms with Crippen LogP contribution in [0.4, 0.5) is 4.79 Å². The van der Waals surface area contributed by atoms with Gasteiger partial charge in [-0.05, 0) is 60.1 Å². The molecule has 1 unspecified atom stereocenters. The molecule has 0 aromatic heterocycles. The van der Waals surface area contributed by atoms with Gasteiger partial charge in [-0.15, -0.1) is 0 Å². The van der Waals surface area contributed by atoms with E-state index in [-0.39, 0.29) is 36.4 Å². The maximum absolute atomic E-state index is 12.6. The van der Waals surface area contributed by atoms with E-state index in [9.17, 15) is 23.1 Å². The lowest BCUT2D eigenvalue weighted by Gasteiger charge is -2.43. The molecule has 4 N–H and O–H groups in total. The molecule has 0 spiro atoms. The number of benzene rings is 3. The molecule has 9 nitrogen and oxygen atoms in total. The van der Waals surface area contributed by atoms with Crippen LogP contribution >= 0.6 is 0 Å². The summed E-state index contributed by atoms with van der Waals surface area (Å²) in [5.74, 6) is -0.909. The molecule has 3 aromatic rings. The van der Waals surface area contributed by atoms with E-state index >= 15 is 0 Å². The molecule has 3 rings (SSSR count). The summed E-state index contributed by atoms with van der Waals surface area (Å²) in [6.07, 6.45) is 0.0232. The molecule has 0 aliphatic heterocycles. The Bertz CT molecular complexity index is 1500. The molecule has 2 amide bonds. The number of carbonyl (C=O) groups is 2. The second kappa shape index (κ2) is 13.0. The second-order valence-corrected chi connectivity index (χ2v) is 13.5. The van der Waals surface area contributed by atoms with Crippen LogP contribution in [0.25, 0.3) is 11.1 Å². The minimum absolute atomic E-state index is 0.0174. The molecule has 10 heteroatoms. The number of amides is 2. The zero-order chi connectivity index (χ0) is 31.3. The Balaban J connectivity index is 1.99. The topological polar surface area (TPSA) is 145 Å². The van der Waals surface area contributed by atoms with E-state index in [1.165, 1.54) is 6.07 Å². The van der Waals surface area contributed by atoms with Crippen LogP contribution in [-0.2, 0) is 20.4 Å². The second-order valence-electron chi connectivity index (χ2n) is 11.7. The lowest BCUT2D eigenvalue weighted by atomic mass is 9.67. The van der Waals surface area contributed by atoms with Crippen LogP contribution in [0.15, 0.2) is 72.8 Å². The number of nitrogens with two attached hydrogens (primary N) is 1. The zero-order valence-electron chi connectivity index (χ0n) is 24.9. The van der Waals surface area contributed by atoms with E-state index in [1.807, 2.05) is 93.9 Å². The third-order valence-corrected chi connectivity index (χ3v) is 7.60. The fraction of sp³-hybridized carbons (Fsp3) is 0.375. The number of ether oxygens (including phenoxy) is 2. The first-order valence-electron chi connectivity index (χ1n) is 13.6. The van der Waals surface area contributed by atoms with Crippen LogP contribution in [0, 0.1) is 5.41 Å². The van der Waals surface area contributed by atoms with E-state index < -0.39 is 33.0 Å². The van der Waals surface area contributed by atoms with Crippen LogP contribution in [0.2, 0.25) is 0 Å². The van der Waals surface area contributed by atoms with Crippen molar-refractivity contribution >= 4 is 22.0 Å². The van der Waals surface area contributed by atoms with Crippen molar-refractivity contribution < 1.29 is 32.6 Å². The highest BCUT2D eigenvalue weighted by atomic mass is 32.2. The van der Waals surface area contributed by atoms with Crippen molar-refractivity contribution in [3.63, 3.8) is 0 Å². The van der Waals surface area contributed by atoms with Crippen molar-refractivity contribution in [2.45, 2.75) is 58.7 Å². The van der Waals surface area contributed by atoms with E-state index in [4.69, 9.17) is 15.2 Å². The SMILES string of the molecule is CC(C)Oc1cc(-c2ccc(C(COC(N)=O)C[C@](O)(c3ccccc3)C(C)(C)C)cc2)ccc1C(=O)NS(C)(=O)=O. The quantitative estimate of drug-likeness (QED) is 0.271. The Labute approximate surface area is 248 Å².